The molecule has 0 aliphatic heterocycles. The Bertz CT molecular complexity index is 628. The van der Waals surface area contributed by atoms with Crippen LogP contribution in [0.5, 0.6) is 0 Å². The number of hydrogen-bond acceptors (Lipinski definition) is 7. The molecule has 0 aliphatic carbocycles. The molecule has 0 atom stereocenters. The number of benzene rings is 1. The molecule has 2 aromatic heterocycles. The zero-order chi connectivity index (χ0) is 12.4. The summed E-state index contributed by atoms with van der Waals surface area (Å²) < 4.78 is 3.85. The van der Waals surface area contributed by atoms with E-state index in [4.69, 9.17) is 5.84 Å². The third-order valence-corrected chi connectivity index (χ3v) is 3.98. The largest absolute Gasteiger partial charge is 0.333 e. The minimum absolute atomic E-state index is 0.676. The first-order valence-electron chi connectivity index (χ1n) is 5.22. The van der Waals surface area contributed by atoms with E-state index in [1.54, 1.807) is 11.8 Å². The van der Waals surface area contributed by atoms with Crippen LogP contribution in [0.3, 0.4) is 0 Å². The number of anilines is 1. The number of thioether (sulfide) groups is 1. The lowest BCUT2D eigenvalue weighted by molar-refractivity contribution is 1.05. The van der Waals surface area contributed by atoms with Crippen LogP contribution in [0.2, 0.25) is 0 Å². The summed E-state index contributed by atoms with van der Waals surface area (Å²) in [6, 6.07) is 7.94. The van der Waals surface area contributed by atoms with Gasteiger partial charge in [0.1, 0.15) is 10.7 Å². The van der Waals surface area contributed by atoms with Crippen LogP contribution in [0.4, 0.5) is 5.00 Å². The van der Waals surface area contributed by atoms with Gasteiger partial charge in [0, 0.05) is 17.3 Å². The average molecular weight is 278 g/mol. The number of nitrogens with two attached hydrogens (primary N) is 1. The van der Waals surface area contributed by atoms with E-state index < -0.39 is 0 Å². The summed E-state index contributed by atoms with van der Waals surface area (Å²) >= 11 is 2.82. The molecule has 0 aliphatic rings. The van der Waals surface area contributed by atoms with Gasteiger partial charge in [0.05, 0.1) is 11.0 Å². The van der Waals surface area contributed by atoms with E-state index in [-0.39, 0.29) is 0 Å². The van der Waals surface area contributed by atoms with Crippen molar-refractivity contribution >= 4 is 39.3 Å². The molecule has 6 nitrogen and oxygen atoms in total. The molecule has 0 radical (unpaired) electrons. The number of nitrogens with zero attached hydrogens (tertiary/aromatic N) is 3. The number of fused-ring (bicyclic) bond motifs is 1. The molecule has 2 heterocycles. The third kappa shape index (κ3) is 2.17. The highest BCUT2D eigenvalue weighted by molar-refractivity contribution is 7.98. The van der Waals surface area contributed by atoms with E-state index in [1.807, 2.05) is 24.3 Å². The Morgan fingerprint density at radius 2 is 2.28 bits per heavy atom. The minimum atomic E-state index is 0.676. The first-order chi connectivity index (χ1) is 8.86. The van der Waals surface area contributed by atoms with Gasteiger partial charge in [-0.2, -0.15) is 0 Å². The van der Waals surface area contributed by atoms with Crippen molar-refractivity contribution in [2.45, 2.75) is 10.9 Å². The molecular weight excluding hydrogens is 268 g/mol. The van der Waals surface area contributed by atoms with Gasteiger partial charge in [0.2, 0.25) is 0 Å². The maximum atomic E-state index is 5.37. The monoisotopic (exact) mass is 278 g/mol. The predicted molar refractivity (Wildman–Crippen MR) is 73.4 cm³/mol. The normalized spacial score (nSPS) is 10.9. The molecule has 8 heteroatoms. The fraction of sp³-hybridized carbons (Fsp3) is 0.100. The summed E-state index contributed by atoms with van der Waals surface area (Å²) in [5, 5.41) is 5.68. The maximum Gasteiger partial charge on any atom is 0.166 e. The van der Waals surface area contributed by atoms with Crippen molar-refractivity contribution in [3.8, 4) is 0 Å². The van der Waals surface area contributed by atoms with Gasteiger partial charge in [0.25, 0.3) is 0 Å². The van der Waals surface area contributed by atoms with Crippen molar-refractivity contribution in [2.24, 2.45) is 5.84 Å². The number of hydrogen-bond donors (Lipinski definition) is 3. The molecule has 0 bridgehead atoms. The summed E-state index contributed by atoms with van der Waals surface area (Å²) in [6.07, 6.45) is 0. The molecule has 0 spiro atoms. The van der Waals surface area contributed by atoms with E-state index in [9.17, 15) is 0 Å². The Morgan fingerprint density at radius 3 is 3.11 bits per heavy atom. The van der Waals surface area contributed by atoms with Crippen LogP contribution in [0.15, 0.2) is 29.4 Å². The maximum absolute atomic E-state index is 5.37. The fourth-order valence-corrected chi connectivity index (χ4v) is 2.95. The molecule has 0 unspecified atom stereocenters. The molecule has 0 fully saturated rings. The highest BCUT2D eigenvalue weighted by Crippen LogP contribution is 2.26. The average Bonchev–Trinajstić information content (AvgIpc) is 3.01. The van der Waals surface area contributed by atoms with E-state index in [0.29, 0.717) is 5.75 Å². The summed E-state index contributed by atoms with van der Waals surface area (Å²) in [4.78, 5) is 7.73. The molecule has 3 aromatic rings. The molecule has 0 amide bonds. The van der Waals surface area contributed by atoms with Crippen LogP contribution in [-0.4, -0.2) is 19.6 Å². The van der Waals surface area contributed by atoms with Crippen molar-refractivity contribution in [3.63, 3.8) is 0 Å². The lowest BCUT2D eigenvalue weighted by Crippen LogP contribution is -2.06. The topological polar surface area (TPSA) is 92.5 Å². The number of aromatic nitrogens is 4. The highest BCUT2D eigenvalue weighted by atomic mass is 32.2. The minimum Gasteiger partial charge on any atom is -0.333 e. The van der Waals surface area contributed by atoms with Gasteiger partial charge < -0.3 is 10.4 Å². The molecule has 0 saturated carbocycles. The summed E-state index contributed by atoms with van der Waals surface area (Å²) in [5.41, 5.74) is 5.43. The van der Waals surface area contributed by atoms with Gasteiger partial charge in [0.15, 0.2) is 5.16 Å². The molecule has 92 valence electrons. The second-order valence-corrected chi connectivity index (χ2v) is 5.26. The Morgan fingerprint density at radius 1 is 1.39 bits per heavy atom. The Hall–Kier alpha value is -1.64. The van der Waals surface area contributed by atoms with Crippen molar-refractivity contribution in [1.29, 1.82) is 0 Å². The van der Waals surface area contributed by atoms with Gasteiger partial charge in [-0.25, -0.2) is 10.8 Å². The first-order valence-corrected chi connectivity index (χ1v) is 6.98. The third-order valence-electron chi connectivity index (χ3n) is 2.40. The van der Waals surface area contributed by atoms with Gasteiger partial charge in [-0.1, -0.05) is 28.4 Å². The molecule has 1 aromatic carbocycles. The summed E-state index contributed by atoms with van der Waals surface area (Å²) in [6.45, 7) is 0. The number of hydrazine groups is 1. The van der Waals surface area contributed by atoms with E-state index in [2.05, 4.69) is 25.0 Å². The van der Waals surface area contributed by atoms with Crippen molar-refractivity contribution in [3.05, 3.63) is 30.0 Å². The number of aromatic amines is 1. The van der Waals surface area contributed by atoms with Gasteiger partial charge in [-0.05, 0) is 12.1 Å². The second kappa shape index (κ2) is 4.92. The van der Waals surface area contributed by atoms with Crippen molar-refractivity contribution in [2.75, 3.05) is 5.43 Å². The Labute approximate surface area is 111 Å². The first kappa shape index (κ1) is 11.5. The number of para-hydroxylation sites is 2. The SMILES string of the molecule is NNc1snnc1CSc1nc2ccccc2[nH]1. The van der Waals surface area contributed by atoms with Crippen LogP contribution in [0.25, 0.3) is 11.0 Å². The second-order valence-electron chi connectivity index (χ2n) is 3.54. The smallest absolute Gasteiger partial charge is 0.166 e. The van der Waals surface area contributed by atoms with Crippen molar-refractivity contribution < 1.29 is 0 Å². The van der Waals surface area contributed by atoms with Crippen LogP contribution < -0.4 is 11.3 Å². The quantitative estimate of drug-likeness (QED) is 0.384. The lowest BCUT2D eigenvalue weighted by atomic mass is 10.3. The predicted octanol–water partition coefficient (Wildman–Crippen LogP) is 1.99. The van der Waals surface area contributed by atoms with E-state index >= 15 is 0 Å². The lowest BCUT2D eigenvalue weighted by Gasteiger charge is -1.97. The van der Waals surface area contributed by atoms with Gasteiger partial charge >= 0.3 is 0 Å². The van der Waals surface area contributed by atoms with Crippen LogP contribution >= 0.6 is 23.3 Å². The number of nitrogens with one attached hydrogen (secondary N) is 2. The Balaban J connectivity index is 1.77. The highest BCUT2D eigenvalue weighted by Gasteiger charge is 2.09. The van der Waals surface area contributed by atoms with Crippen molar-refractivity contribution in [1.82, 2.24) is 19.6 Å². The van der Waals surface area contributed by atoms with Crippen LogP contribution in [-0.2, 0) is 5.75 Å². The number of rotatable bonds is 4. The summed E-state index contributed by atoms with van der Waals surface area (Å²) in [7, 11) is 0. The number of nitrogen functional groups attached to an aromatic ring is 1. The fourth-order valence-electron chi connectivity index (χ4n) is 1.55. The van der Waals surface area contributed by atoms with E-state index in [0.717, 1.165) is 26.9 Å². The zero-order valence-corrected chi connectivity index (χ0v) is 10.9. The van der Waals surface area contributed by atoms with Gasteiger partial charge in [-0.15, -0.1) is 5.10 Å². The molecule has 3 rings (SSSR count). The number of imidazole rings is 1. The summed E-state index contributed by atoms with van der Waals surface area (Å²) in [5.74, 6) is 6.05. The Kier molecular flexibility index (Phi) is 3.13. The molecule has 0 saturated heterocycles. The number of H-pyrrole nitrogens is 1. The van der Waals surface area contributed by atoms with Gasteiger partial charge in [-0.3, -0.25) is 0 Å². The standard InChI is InChI=1S/C10H10N6S2/c11-14-9-8(15-16-18-9)5-17-10-12-6-3-1-2-4-7(6)13-10/h1-4,14H,5,11H2,(H,12,13). The molecule has 4 N–H and O–H groups in total. The van der Waals surface area contributed by atoms with Crippen LogP contribution in [0.1, 0.15) is 5.69 Å². The van der Waals surface area contributed by atoms with Crippen LogP contribution in [0, 0.1) is 0 Å². The molecule has 18 heavy (non-hydrogen) atoms. The molecular formula is C10H10N6S2. The van der Waals surface area contributed by atoms with E-state index in [1.165, 1.54) is 11.5 Å². The zero-order valence-electron chi connectivity index (χ0n) is 9.25.